The molecule has 1 saturated heterocycles. The van der Waals surface area contributed by atoms with Crippen molar-refractivity contribution in [1.82, 2.24) is 14.2 Å². The molecular weight excluding hydrogens is 350 g/mol. The second-order valence-electron chi connectivity index (χ2n) is 6.81. The van der Waals surface area contributed by atoms with Gasteiger partial charge in [-0.1, -0.05) is 6.07 Å². The van der Waals surface area contributed by atoms with Crippen LogP contribution in [0.15, 0.2) is 41.4 Å². The van der Waals surface area contributed by atoms with Crippen molar-refractivity contribution in [3.63, 3.8) is 0 Å². The lowest BCUT2D eigenvalue weighted by Gasteiger charge is -2.34. The van der Waals surface area contributed by atoms with Crippen LogP contribution in [0.5, 0.6) is 0 Å². The van der Waals surface area contributed by atoms with Crippen LogP contribution in [0.3, 0.4) is 0 Å². The first-order valence-electron chi connectivity index (χ1n) is 8.88. The van der Waals surface area contributed by atoms with Gasteiger partial charge in [0, 0.05) is 38.6 Å². The predicted molar refractivity (Wildman–Crippen MR) is 102 cm³/mol. The monoisotopic (exact) mass is 377 g/mol. The van der Waals surface area contributed by atoms with Crippen LogP contribution in [0.4, 0.5) is 0 Å². The number of sulfonamides is 1. The summed E-state index contributed by atoms with van der Waals surface area (Å²) < 4.78 is 35.9. The molecule has 1 aliphatic heterocycles. The minimum absolute atomic E-state index is 0.0276. The van der Waals surface area contributed by atoms with Gasteiger partial charge in [-0.15, -0.1) is 0 Å². The molecule has 1 aromatic heterocycles. The third kappa shape index (κ3) is 4.17. The van der Waals surface area contributed by atoms with Crippen molar-refractivity contribution >= 4 is 10.0 Å². The van der Waals surface area contributed by atoms with E-state index >= 15 is 0 Å². The molecule has 1 aromatic carbocycles. The standard InChI is InChI=1S/C19H27N3O3S/c1-15-6-7-17(13-16(15)2)26(23,24)20-14-19(18-5-4-8-21(18)3)22-9-11-25-12-10-22/h4-8,13,19-20H,9-12,14H2,1-3H3/t19-/m0/s1. The maximum absolute atomic E-state index is 12.8. The van der Waals surface area contributed by atoms with Crippen molar-refractivity contribution in [1.29, 1.82) is 0 Å². The lowest BCUT2D eigenvalue weighted by atomic mass is 10.1. The fourth-order valence-electron chi connectivity index (χ4n) is 3.28. The predicted octanol–water partition coefficient (Wildman–Crippen LogP) is 1.99. The number of hydrogen-bond donors (Lipinski definition) is 1. The summed E-state index contributed by atoms with van der Waals surface area (Å²) in [6.45, 7) is 7.16. The van der Waals surface area contributed by atoms with Crippen molar-refractivity contribution in [3.8, 4) is 0 Å². The number of aromatic nitrogens is 1. The molecule has 26 heavy (non-hydrogen) atoms. The van der Waals surface area contributed by atoms with Gasteiger partial charge in [0.25, 0.3) is 0 Å². The minimum atomic E-state index is -3.55. The number of rotatable bonds is 6. The molecule has 0 radical (unpaired) electrons. The van der Waals surface area contributed by atoms with Crippen LogP contribution in [-0.4, -0.2) is 50.7 Å². The Morgan fingerprint density at radius 2 is 1.88 bits per heavy atom. The number of hydrogen-bond acceptors (Lipinski definition) is 4. The molecular formula is C19H27N3O3S. The molecule has 1 atom stereocenters. The number of benzene rings is 1. The topological polar surface area (TPSA) is 63.6 Å². The van der Waals surface area contributed by atoms with E-state index in [1.54, 1.807) is 12.1 Å². The van der Waals surface area contributed by atoms with E-state index in [1.807, 2.05) is 49.9 Å². The van der Waals surface area contributed by atoms with Crippen LogP contribution in [0.1, 0.15) is 22.9 Å². The number of aryl methyl sites for hydroxylation is 3. The molecule has 2 heterocycles. The van der Waals surface area contributed by atoms with E-state index < -0.39 is 10.0 Å². The van der Waals surface area contributed by atoms with E-state index in [2.05, 4.69) is 9.62 Å². The van der Waals surface area contributed by atoms with Crippen LogP contribution in [0, 0.1) is 13.8 Å². The fourth-order valence-corrected chi connectivity index (χ4v) is 4.41. The van der Waals surface area contributed by atoms with Crippen molar-refractivity contribution in [2.75, 3.05) is 32.8 Å². The zero-order valence-electron chi connectivity index (χ0n) is 15.6. The van der Waals surface area contributed by atoms with Gasteiger partial charge in [0.1, 0.15) is 0 Å². The minimum Gasteiger partial charge on any atom is -0.379 e. The molecule has 0 bridgehead atoms. The van der Waals surface area contributed by atoms with Crippen LogP contribution >= 0.6 is 0 Å². The molecule has 7 heteroatoms. The average Bonchev–Trinajstić information content (AvgIpc) is 3.04. The highest BCUT2D eigenvalue weighted by atomic mass is 32.2. The molecule has 142 valence electrons. The molecule has 1 N–H and O–H groups in total. The van der Waals surface area contributed by atoms with Crippen LogP contribution in [-0.2, 0) is 21.8 Å². The first-order chi connectivity index (χ1) is 12.4. The Hall–Kier alpha value is -1.67. The summed E-state index contributed by atoms with van der Waals surface area (Å²) in [6.07, 6.45) is 1.99. The number of morpholine rings is 1. The van der Waals surface area contributed by atoms with Gasteiger partial charge in [0.2, 0.25) is 10.0 Å². The Kier molecular flexibility index (Phi) is 5.82. The first kappa shape index (κ1) is 19.1. The first-order valence-corrected chi connectivity index (χ1v) is 10.4. The molecule has 2 aromatic rings. The van der Waals surface area contributed by atoms with Gasteiger partial charge in [-0.05, 0) is 49.2 Å². The van der Waals surface area contributed by atoms with Crippen molar-refractivity contribution in [3.05, 3.63) is 53.3 Å². The Bertz CT molecular complexity index is 855. The Morgan fingerprint density at radius 1 is 1.15 bits per heavy atom. The summed E-state index contributed by atoms with van der Waals surface area (Å²) in [5.41, 5.74) is 3.15. The maximum Gasteiger partial charge on any atom is 0.240 e. The largest absolute Gasteiger partial charge is 0.379 e. The third-order valence-corrected chi connectivity index (χ3v) is 6.49. The maximum atomic E-state index is 12.8. The Balaban J connectivity index is 1.80. The highest BCUT2D eigenvalue weighted by molar-refractivity contribution is 7.89. The molecule has 6 nitrogen and oxygen atoms in total. The molecule has 3 rings (SSSR count). The Labute approximate surface area is 155 Å². The molecule has 1 fully saturated rings. The smallest absolute Gasteiger partial charge is 0.240 e. The summed E-state index contributed by atoms with van der Waals surface area (Å²) in [6, 6.07) is 9.24. The quantitative estimate of drug-likeness (QED) is 0.836. The summed E-state index contributed by atoms with van der Waals surface area (Å²) in [4.78, 5) is 2.59. The van der Waals surface area contributed by atoms with Gasteiger partial charge in [-0.25, -0.2) is 13.1 Å². The lowest BCUT2D eigenvalue weighted by Crippen LogP contribution is -2.44. The SMILES string of the molecule is Cc1ccc(S(=O)(=O)NC[C@@H](c2cccn2C)N2CCOCC2)cc1C. The van der Waals surface area contributed by atoms with E-state index in [0.717, 1.165) is 29.9 Å². The average molecular weight is 378 g/mol. The zero-order chi connectivity index (χ0) is 18.7. The van der Waals surface area contributed by atoms with E-state index in [0.29, 0.717) is 24.7 Å². The highest BCUT2D eigenvalue weighted by Gasteiger charge is 2.26. The van der Waals surface area contributed by atoms with Gasteiger partial charge in [0.05, 0.1) is 24.2 Å². The lowest BCUT2D eigenvalue weighted by molar-refractivity contribution is 0.0158. The van der Waals surface area contributed by atoms with Crippen molar-refractivity contribution in [2.24, 2.45) is 7.05 Å². The molecule has 0 aliphatic carbocycles. The Morgan fingerprint density at radius 3 is 2.50 bits per heavy atom. The van der Waals surface area contributed by atoms with Crippen LogP contribution in [0.2, 0.25) is 0 Å². The van der Waals surface area contributed by atoms with E-state index in [-0.39, 0.29) is 6.04 Å². The molecule has 0 unspecified atom stereocenters. The zero-order valence-corrected chi connectivity index (χ0v) is 16.4. The van der Waals surface area contributed by atoms with Crippen LogP contribution < -0.4 is 4.72 Å². The van der Waals surface area contributed by atoms with Gasteiger partial charge in [-0.3, -0.25) is 4.90 Å². The van der Waals surface area contributed by atoms with Gasteiger partial charge in [0.15, 0.2) is 0 Å². The number of ether oxygens (including phenoxy) is 1. The normalized spacial score (nSPS) is 17.3. The molecule has 0 saturated carbocycles. The van der Waals surface area contributed by atoms with Gasteiger partial charge < -0.3 is 9.30 Å². The summed E-state index contributed by atoms with van der Waals surface area (Å²) in [5.74, 6) is 0. The molecule has 1 aliphatic rings. The van der Waals surface area contributed by atoms with E-state index in [9.17, 15) is 8.42 Å². The fraction of sp³-hybridized carbons (Fsp3) is 0.474. The van der Waals surface area contributed by atoms with Crippen LogP contribution in [0.25, 0.3) is 0 Å². The van der Waals surface area contributed by atoms with Gasteiger partial charge >= 0.3 is 0 Å². The molecule has 0 amide bonds. The number of nitrogens with zero attached hydrogens (tertiary/aromatic N) is 2. The van der Waals surface area contributed by atoms with Gasteiger partial charge in [-0.2, -0.15) is 0 Å². The summed E-state index contributed by atoms with van der Waals surface area (Å²) in [5, 5.41) is 0. The second-order valence-corrected chi connectivity index (χ2v) is 8.57. The molecule has 0 spiro atoms. The highest BCUT2D eigenvalue weighted by Crippen LogP contribution is 2.22. The summed E-state index contributed by atoms with van der Waals surface area (Å²) in [7, 11) is -1.57. The van der Waals surface area contributed by atoms with Crippen molar-refractivity contribution < 1.29 is 13.2 Å². The van der Waals surface area contributed by atoms with Crippen molar-refractivity contribution in [2.45, 2.75) is 24.8 Å². The summed E-state index contributed by atoms with van der Waals surface area (Å²) >= 11 is 0. The van der Waals surface area contributed by atoms with E-state index in [4.69, 9.17) is 4.74 Å². The third-order valence-electron chi connectivity index (χ3n) is 5.07. The number of nitrogens with one attached hydrogen (secondary N) is 1. The van der Waals surface area contributed by atoms with E-state index in [1.165, 1.54) is 0 Å². The second kappa shape index (κ2) is 7.92.